The van der Waals surface area contributed by atoms with E-state index in [2.05, 4.69) is 0 Å². The van der Waals surface area contributed by atoms with Crippen LogP contribution in [-0.2, 0) is 0 Å². The van der Waals surface area contributed by atoms with E-state index in [0.29, 0.717) is 17.5 Å². The third-order valence-electron chi connectivity index (χ3n) is 4.45. The van der Waals surface area contributed by atoms with Crippen LogP contribution in [0.3, 0.4) is 0 Å². The zero-order valence-corrected chi connectivity index (χ0v) is 11.6. The Hall–Kier alpha value is -1.22. The summed E-state index contributed by atoms with van der Waals surface area (Å²) >= 11 is 5.89. The molecule has 1 saturated carbocycles. The molecule has 0 bridgehead atoms. The Bertz CT molecular complexity index is 503. The normalized spacial score (nSPS) is 26.3. The lowest BCUT2D eigenvalue weighted by atomic mass is 9.91. The van der Waals surface area contributed by atoms with Crippen molar-refractivity contribution < 1.29 is 9.90 Å². The van der Waals surface area contributed by atoms with Gasteiger partial charge in [0.2, 0.25) is 0 Å². The molecule has 3 nitrogen and oxygen atoms in total. The van der Waals surface area contributed by atoms with Crippen molar-refractivity contribution in [2.75, 3.05) is 6.54 Å². The van der Waals surface area contributed by atoms with Crippen LogP contribution in [-0.4, -0.2) is 28.5 Å². The molecule has 2 atom stereocenters. The van der Waals surface area contributed by atoms with Gasteiger partial charge in [-0.2, -0.15) is 0 Å². The van der Waals surface area contributed by atoms with Crippen molar-refractivity contribution in [3.63, 3.8) is 0 Å². The quantitative estimate of drug-likeness (QED) is 0.855. The molecule has 1 aliphatic carbocycles. The second-order valence-electron chi connectivity index (χ2n) is 5.57. The van der Waals surface area contributed by atoms with Crippen molar-refractivity contribution >= 4 is 17.5 Å². The van der Waals surface area contributed by atoms with E-state index in [0.717, 1.165) is 19.4 Å². The first-order chi connectivity index (χ1) is 9.16. The SMILES string of the molecule is O=C(c1ccc(O)c(Cl)c1)N1CCCC2CCCC21. The van der Waals surface area contributed by atoms with Gasteiger partial charge in [-0.1, -0.05) is 18.0 Å². The fourth-order valence-corrected chi connectivity index (χ4v) is 3.69. The van der Waals surface area contributed by atoms with Crippen molar-refractivity contribution in [1.82, 2.24) is 4.90 Å². The maximum atomic E-state index is 12.6. The number of phenolic OH excluding ortho intramolecular Hbond substituents is 1. The molecular formula is C15H18ClNO2. The number of piperidine rings is 1. The molecule has 4 heteroatoms. The smallest absolute Gasteiger partial charge is 0.254 e. The van der Waals surface area contributed by atoms with Crippen LogP contribution in [0.25, 0.3) is 0 Å². The number of fused-ring (bicyclic) bond motifs is 1. The van der Waals surface area contributed by atoms with Crippen LogP contribution in [0.5, 0.6) is 5.75 Å². The Morgan fingerprint density at radius 3 is 2.84 bits per heavy atom. The van der Waals surface area contributed by atoms with E-state index in [-0.39, 0.29) is 16.7 Å². The maximum Gasteiger partial charge on any atom is 0.254 e. The van der Waals surface area contributed by atoms with Gasteiger partial charge < -0.3 is 10.0 Å². The molecule has 2 unspecified atom stereocenters. The van der Waals surface area contributed by atoms with Crippen LogP contribution in [0.1, 0.15) is 42.5 Å². The monoisotopic (exact) mass is 279 g/mol. The molecule has 102 valence electrons. The minimum Gasteiger partial charge on any atom is -0.506 e. The second kappa shape index (κ2) is 5.04. The topological polar surface area (TPSA) is 40.5 Å². The summed E-state index contributed by atoms with van der Waals surface area (Å²) in [6.07, 6.45) is 5.96. The first-order valence-electron chi connectivity index (χ1n) is 6.96. The standard InChI is InChI=1S/C15H18ClNO2/c16-12-9-11(6-7-14(12)18)15(19)17-8-2-4-10-3-1-5-13(10)17/h6-7,9-10,13,18H,1-5,8H2. The summed E-state index contributed by atoms with van der Waals surface area (Å²) < 4.78 is 0. The summed E-state index contributed by atoms with van der Waals surface area (Å²) in [7, 11) is 0. The average Bonchev–Trinajstić information content (AvgIpc) is 2.89. The van der Waals surface area contributed by atoms with Crippen molar-refractivity contribution in [2.24, 2.45) is 5.92 Å². The first-order valence-corrected chi connectivity index (χ1v) is 7.34. The van der Waals surface area contributed by atoms with Gasteiger partial charge in [-0.15, -0.1) is 0 Å². The number of carbonyl (C=O) groups excluding carboxylic acids is 1. The van der Waals surface area contributed by atoms with E-state index in [9.17, 15) is 9.90 Å². The van der Waals surface area contributed by atoms with Gasteiger partial charge >= 0.3 is 0 Å². The molecule has 2 aliphatic rings. The van der Waals surface area contributed by atoms with E-state index < -0.39 is 0 Å². The van der Waals surface area contributed by atoms with Crippen molar-refractivity contribution in [3.05, 3.63) is 28.8 Å². The number of hydrogen-bond acceptors (Lipinski definition) is 2. The van der Waals surface area contributed by atoms with Crippen LogP contribution >= 0.6 is 11.6 Å². The second-order valence-corrected chi connectivity index (χ2v) is 5.97. The zero-order valence-electron chi connectivity index (χ0n) is 10.8. The predicted octanol–water partition coefficient (Wildman–Crippen LogP) is 3.45. The van der Waals surface area contributed by atoms with Gasteiger partial charge in [-0.05, 0) is 49.8 Å². The number of phenols is 1. The Balaban J connectivity index is 1.84. The van der Waals surface area contributed by atoms with Gasteiger partial charge in [0.05, 0.1) is 5.02 Å². The van der Waals surface area contributed by atoms with Gasteiger partial charge in [0, 0.05) is 18.2 Å². The third kappa shape index (κ3) is 2.32. The predicted molar refractivity (Wildman–Crippen MR) is 74.5 cm³/mol. The molecule has 19 heavy (non-hydrogen) atoms. The summed E-state index contributed by atoms with van der Waals surface area (Å²) in [5.41, 5.74) is 0.579. The molecule has 1 aromatic carbocycles. The number of halogens is 1. The molecular weight excluding hydrogens is 262 g/mol. The highest BCUT2D eigenvalue weighted by Gasteiger charge is 2.37. The molecule has 0 spiro atoms. The number of aromatic hydroxyl groups is 1. The van der Waals surface area contributed by atoms with E-state index in [4.69, 9.17) is 11.6 Å². The maximum absolute atomic E-state index is 12.6. The highest BCUT2D eigenvalue weighted by Crippen LogP contribution is 2.37. The largest absolute Gasteiger partial charge is 0.506 e. The third-order valence-corrected chi connectivity index (χ3v) is 4.75. The Morgan fingerprint density at radius 2 is 2.05 bits per heavy atom. The number of likely N-dealkylation sites (tertiary alicyclic amines) is 1. The van der Waals surface area contributed by atoms with Crippen LogP contribution in [0.15, 0.2) is 18.2 Å². The summed E-state index contributed by atoms with van der Waals surface area (Å²) in [6, 6.07) is 5.12. The number of hydrogen-bond donors (Lipinski definition) is 1. The molecule has 1 aliphatic heterocycles. The molecule has 3 rings (SSSR count). The molecule has 1 heterocycles. The zero-order chi connectivity index (χ0) is 13.4. The number of nitrogens with zero attached hydrogens (tertiary/aromatic N) is 1. The highest BCUT2D eigenvalue weighted by molar-refractivity contribution is 6.32. The van der Waals surface area contributed by atoms with E-state index >= 15 is 0 Å². The number of carbonyl (C=O) groups is 1. The Labute approximate surface area is 118 Å². The van der Waals surface area contributed by atoms with E-state index in [1.54, 1.807) is 12.1 Å². The lowest BCUT2D eigenvalue weighted by Gasteiger charge is -2.37. The number of rotatable bonds is 1. The van der Waals surface area contributed by atoms with Crippen molar-refractivity contribution in [1.29, 1.82) is 0 Å². The van der Waals surface area contributed by atoms with Gasteiger partial charge in [0.25, 0.3) is 5.91 Å². The first kappa shape index (κ1) is 12.8. The fourth-order valence-electron chi connectivity index (χ4n) is 3.51. The molecule has 1 saturated heterocycles. The van der Waals surface area contributed by atoms with Crippen LogP contribution in [0.4, 0.5) is 0 Å². The van der Waals surface area contributed by atoms with Gasteiger partial charge in [-0.25, -0.2) is 0 Å². The summed E-state index contributed by atoms with van der Waals surface area (Å²) in [5, 5.41) is 9.67. The van der Waals surface area contributed by atoms with Crippen LogP contribution in [0, 0.1) is 5.92 Å². The van der Waals surface area contributed by atoms with Crippen LogP contribution < -0.4 is 0 Å². The minimum atomic E-state index is 0.0237. The molecule has 1 aromatic rings. The number of amides is 1. The minimum absolute atomic E-state index is 0.0237. The van der Waals surface area contributed by atoms with Gasteiger partial charge in [0.1, 0.15) is 5.75 Å². The lowest BCUT2D eigenvalue weighted by molar-refractivity contribution is 0.0548. The van der Waals surface area contributed by atoms with Gasteiger partial charge in [0.15, 0.2) is 0 Å². The van der Waals surface area contributed by atoms with Gasteiger partial charge in [-0.3, -0.25) is 4.79 Å². The fraction of sp³-hybridized carbons (Fsp3) is 0.533. The summed E-state index contributed by atoms with van der Waals surface area (Å²) in [6.45, 7) is 0.846. The lowest BCUT2D eigenvalue weighted by Crippen LogP contribution is -2.46. The van der Waals surface area contributed by atoms with Crippen LogP contribution in [0.2, 0.25) is 5.02 Å². The molecule has 0 radical (unpaired) electrons. The number of benzene rings is 1. The molecule has 2 fully saturated rings. The highest BCUT2D eigenvalue weighted by atomic mass is 35.5. The Morgan fingerprint density at radius 1 is 1.26 bits per heavy atom. The van der Waals surface area contributed by atoms with Crippen molar-refractivity contribution in [2.45, 2.75) is 38.1 Å². The average molecular weight is 280 g/mol. The Kier molecular flexibility index (Phi) is 3.40. The molecule has 0 aromatic heterocycles. The van der Waals surface area contributed by atoms with Crippen molar-refractivity contribution in [3.8, 4) is 5.75 Å². The van der Waals surface area contributed by atoms with E-state index in [1.165, 1.54) is 25.3 Å². The molecule has 1 amide bonds. The molecule has 1 N–H and O–H groups in total. The van der Waals surface area contributed by atoms with E-state index in [1.807, 2.05) is 4.90 Å². The summed E-state index contributed by atoms with van der Waals surface area (Å²) in [4.78, 5) is 14.6. The summed E-state index contributed by atoms with van der Waals surface area (Å²) in [5.74, 6) is 0.763.